The fraction of sp³-hybridized carbons (Fsp3) is 0.938. The first-order chi connectivity index (χ1) is 11.3. The third kappa shape index (κ3) is 9.44. The molecule has 0 aromatic carbocycles. The molecular weight excluding hydrogens is 328 g/mol. The van der Waals surface area contributed by atoms with Crippen molar-refractivity contribution in [1.29, 1.82) is 0 Å². The highest BCUT2D eigenvalue weighted by Crippen LogP contribution is 2.05. The summed E-state index contributed by atoms with van der Waals surface area (Å²) in [5, 5.41) is 3.33. The average Bonchev–Trinajstić information content (AvgIpc) is 2.49. The molecule has 0 amide bonds. The normalized spacial score (nSPS) is 17.5. The van der Waals surface area contributed by atoms with Crippen LogP contribution in [0.15, 0.2) is 4.99 Å². The van der Waals surface area contributed by atoms with E-state index in [1.165, 1.54) is 6.26 Å². The second-order valence-corrected chi connectivity index (χ2v) is 8.92. The standard InChI is InChI=1S/C16H34N4O3S/c1-5-17-16(18-6-11-23-12-13-24(4,21)22)20-9-7-19(8-10-20)14-15(2)3/h15H,5-14H2,1-4H3,(H,17,18). The Balaban J connectivity index is 2.35. The lowest BCUT2D eigenvalue weighted by Crippen LogP contribution is -2.53. The zero-order chi connectivity index (χ0) is 18.0. The molecule has 0 unspecified atom stereocenters. The Bertz CT molecular complexity index is 472. The summed E-state index contributed by atoms with van der Waals surface area (Å²) in [6.07, 6.45) is 1.22. The van der Waals surface area contributed by atoms with Crippen molar-refractivity contribution in [2.45, 2.75) is 20.8 Å². The molecule has 7 nitrogen and oxygen atoms in total. The zero-order valence-corrected chi connectivity index (χ0v) is 16.4. The molecule has 0 spiro atoms. The minimum atomic E-state index is -2.95. The van der Waals surface area contributed by atoms with Crippen molar-refractivity contribution in [1.82, 2.24) is 15.1 Å². The van der Waals surface area contributed by atoms with Crippen molar-refractivity contribution in [3.8, 4) is 0 Å². The van der Waals surface area contributed by atoms with Crippen LogP contribution < -0.4 is 5.32 Å². The van der Waals surface area contributed by atoms with E-state index in [-0.39, 0.29) is 12.4 Å². The predicted molar refractivity (Wildman–Crippen MR) is 99.4 cm³/mol. The molecule has 1 fully saturated rings. The summed E-state index contributed by atoms with van der Waals surface area (Å²) in [6, 6.07) is 0. The van der Waals surface area contributed by atoms with Crippen LogP contribution >= 0.6 is 0 Å². The van der Waals surface area contributed by atoms with Crippen LogP contribution in [-0.4, -0.2) is 95.2 Å². The summed E-state index contributed by atoms with van der Waals surface area (Å²) in [5.74, 6) is 1.69. The van der Waals surface area contributed by atoms with Gasteiger partial charge < -0.3 is 15.0 Å². The van der Waals surface area contributed by atoms with Crippen LogP contribution in [0.2, 0.25) is 0 Å². The van der Waals surface area contributed by atoms with Gasteiger partial charge in [0.15, 0.2) is 5.96 Å². The van der Waals surface area contributed by atoms with Gasteiger partial charge in [0, 0.05) is 45.5 Å². The smallest absolute Gasteiger partial charge is 0.194 e. The Morgan fingerprint density at radius 1 is 1.21 bits per heavy atom. The Labute approximate surface area is 147 Å². The van der Waals surface area contributed by atoms with Crippen LogP contribution in [0.25, 0.3) is 0 Å². The van der Waals surface area contributed by atoms with Gasteiger partial charge in [-0.2, -0.15) is 0 Å². The molecule has 0 atom stereocenters. The van der Waals surface area contributed by atoms with Crippen LogP contribution in [0.3, 0.4) is 0 Å². The lowest BCUT2D eigenvalue weighted by atomic mass is 10.2. The van der Waals surface area contributed by atoms with Gasteiger partial charge in [-0.1, -0.05) is 13.8 Å². The number of piperazine rings is 1. The van der Waals surface area contributed by atoms with Crippen molar-refractivity contribution in [3.63, 3.8) is 0 Å². The van der Waals surface area contributed by atoms with Crippen LogP contribution in [-0.2, 0) is 14.6 Å². The maximum atomic E-state index is 11.0. The summed E-state index contributed by atoms with van der Waals surface area (Å²) in [4.78, 5) is 9.38. The number of sulfone groups is 1. The van der Waals surface area contributed by atoms with Crippen LogP contribution in [0.1, 0.15) is 20.8 Å². The van der Waals surface area contributed by atoms with E-state index < -0.39 is 9.84 Å². The quantitative estimate of drug-likeness (QED) is 0.361. The Kier molecular flexibility index (Phi) is 9.61. The van der Waals surface area contributed by atoms with Crippen LogP contribution in [0.5, 0.6) is 0 Å². The number of nitrogens with zero attached hydrogens (tertiary/aromatic N) is 3. The highest BCUT2D eigenvalue weighted by atomic mass is 32.2. The van der Waals surface area contributed by atoms with Gasteiger partial charge >= 0.3 is 0 Å². The highest BCUT2D eigenvalue weighted by molar-refractivity contribution is 7.90. The largest absolute Gasteiger partial charge is 0.378 e. The molecule has 1 saturated heterocycles. The Hall–Kier alpha value is -0.860. The average molecular weight is 363 g/mol. The van der Waals surface area contributed by atoms with Gasteiger partial charge in [0.05, 0.1) is 25.5 Å². The van der Waals surface area contributed by atoms with Crippen molar-refractivity contribution < 1.29 is 13.2 Å². The van der Waals surface area contributed by atoms with Gasteiger partial charge in [-0.25, -0.2) is 8.42 Å². The molecule has 24 heavy (non-hydrogen) atoms. The summed E-state index contributed by atoms with van der Waals surface area (Å²) >= 11 is 0. The molecule has 142 valence electrons. The first kappa shape index (κ1) is 21.2. The van der Waals surface area contributed by atoms with Gasteiger partial charge in [0.2, 0.25) is 0 Å². The first-order valence-electron chi connectivity index (χ1n) is 8.83. The van der Waals surface area contributed by atoms with Crippen LogP contribution in [0.4, 0.5) is 0 Å². The van der Waals surface area contributed by atoms with Gasteiger partial charge in [-0.05, 0) is 12.8 Å². The maximum absolute atomic E-state index is 11.0. The number of hydrogen-bond acceptors (Lipinski definition) is 5. The van der Waals surface area contributed by atoms with E-state index in [4.69, 9.17) is 4.74 Å². The van der Waals surface area contributed by atoms with Crippen molar-refractivity contribution in [2.24, 2.45) is 10.9 Å². The second kappa shape index (κ2) is 10.9. The molecule has 1 heterocycles. The third-order valence-corrected chi connectivity index (χ3v) is 4.63. The summed E-state index contributed by atoms with van der Waals surface area (Å²) in [6.45, 7) is 13.9. The molecule has 0 bridgehead atoms. The van der Waals surface area contributed by atoms with Crippen molar-refractivity contribution >= 4 is 15.8 Å². The molecule has 0 aromatic rings. The minimum absolute atomic E-state index is 0.0641. The van der Waals surface area contributed by atoms with E-state index >= 15 is 0 Å². The van der Waals surface area contributed by atoms with Gasteiger partial charge in [0.1, 0.15) is 9.84 Å². The molecule has 0 radical (unpaired) electrons. The summed E-state index contributed by atoms with van der Waals surface area (Å²) in [7, 11) is -2.95. The first-order valence-corrected chi connectivity index (χ1v) is 10.9. The monoisotopic (exact) mass is 362 g/mol. The van der Waals surface area contributed by atoms with E-state index in [2.05, 4.69) is 40.9 Å². The van der Waals surface area contributed by atoms with E-state index in [9.17, 15) is 8.42 Å². The number of hydrogen-bond donors (Lipinski definition) is 1. The number of nitrogens with one attached hydrogen (secondary N) is 1. The number of aliphatic imine (C=N–C) groups is 1. The lowest BCUT2D eigenvalue weighted by Gasteiger charge is -2.37. The van der Waals surface area contributed by atoms with Crippen molar-refractivity contribution in [2.75, 3.05) is 71.0 Å². The van der Waals surface area contributed by atoms with Gasteiger partial charge in [-0.15, -0.1) is 0 Å². The Morgan fingerprint density at radius 3 is 2.42 bits per heavy atom. The van der Waals surface area contributed by atoms with E-state index in [1.807, 2.05) is 0 Å². The molecule has 0 saturated carbocycles. The predicted octanol–water partition coefficient (Wildman–Crippen LogP) is 0.287. The molecule has 1 N–H and O–H groups in total. The summed E-state index contributed by atoms with van der Waals surface area (Å²) in [5.41, 5.74) is 0. The fourth-order valence-electron chi connectivity index (χ4n) is 2.61. The minimum Gasteiger partial charge on any atom is -0.378 e. The number of ether oxygens (including phenoxy) is 1. The lowest BCUT2D eigenvalue weighted by molar-refractivity contribution is 0.154. The number of guanidine groups is 1. The van der Waals surface area contributed by atoms with Crippen LogP contribution in [0, 0.1) is 5.92 Å². The molecule has 1 aliphatic rings. The SMILES string of the molecule is CCNC(=NCCOCCS(C)(=O)=O)N1CCN(CC(C)C)CC1. The van der Waals surface area contributed by atoms with Gasteiger partial charge in [0.25, 0.3) is 0 Å². The molecular formula is C16H34N4O3S. The molecule has 8 heteroatoms. The van der Waals surface area contributed by atoms with E-state index in [1.54, 1.807) is 0 Å². The fourth-order valence-corrected chi connectivity index (χ4v) is 3.03. The number of rotatable bonds is 9. The third-order valence-electron chi connectivity index (χ3n) is 3.73. The molecule has 1 aliphatic heterocycles. The maximum Gasteiger partial charge on any atom is 0.194 e. The topological polar surface area (TPSA) is 74.2 Å². The molecule has 1 rings (SSSR count). The Morgan fingerprint density at radius 2 is 1.88 bits per heavy atom. The molecule has 0 aromatic heterocycles. The second-order valence-electron chi connectivity index (χ2n) is 6.66. The van der Waals surface area contributed by atoms with E-state index in [0.717, 1.165) is 45.2 Å². The van der Waals surface area contributed by atoms with E-state index in [0.29, 0.717) is 19.1 Å². The molecule has 0 aliphatic carbocycles. The zero-order valence-electron chi connectivity index (χ0n) is 15.6. The van der Waals surface area contributed by atoms with Crippen molar-refractivity contribution in [3.05, 3.63) is 0 Å². The highest BCUT2D eigenvalue weighted by Gasteiger charge is 2.19. The van der Waals surface area contributed by atoms with Gasteiger partial charge in [-0.3, -0.25) is 9.89 Å². The summed E-state index contributed by atoms with van der Waals surface area (Å²) < 4.78 is 27.4.